The van der Waals surface area contributed by atoms with Gasteiger partial charge < -0.3 is 5.73 Å². The van der Waals surface area contributed by atoms with E-state index in [0.717, 1.165) is 0 Å². The van der Waals surface area contributed by atoms with E-state index in [1.165, 1.54) is 4.57 Å². The number of hydrogen-bond acceptors (Lipinski definition) is 3. The maximum atomic E-state index is 10.7. The highest BCUT2D eigenvalue weighted by atomic mass is 16.1. The van der Waals surface area contributed by atoms with Crippen molar-refractivity contribution in [3.8, 4) is 0 Å². The molecular formula is C5H10N4O. The van der Waals surface area contributed by atoms with E-state index in [1.54, 1.807) is 14.0 Å². The van der Waals surface area contributed by atoms with Crippen molar-refractivity contribution < 1.29 is 0 Å². The summed E-state index contributed by atoms with van der Waals surface area (Å²) in [5.74, 6) is 0.574. The molecule has 1 rings (SSSR count). The fourth-order valence-electron chi connectivity index (χ4n) is 0.766. The maximum absolute atomic E-state index is 10.7. The number of hydrogen-bond donors (Lipinski definition) is 2. The van der Waals surface area contributed by atoms with E-state index in [-0.39, 0.29) is 11.7 Å². The van der Waals surface area contributed by atoms with Gasteiger partial charge in [0, 0.05) is 7.05 Å². The van der Waals surface area contributed by atoms with Crippen molar-refractivity contribution in [1.29, 1.82) is 0 Å². The van der Waals surface area contributed by atoms with Crippen LogP contribution in [0.25, 0.3) is 0 Å². The van der Waals surface area contributed by atoms with Gasteiger partial charge in [-0.1, -0.05) is 0 Å². The molecule has 56 valence electrons. The van der Waals surface area contributed by atoms with E-state index in [2.05, 4.69) is 10.2 Å². The lowest BCUT2D eigenvalue weighted by Crippen LogP contribution is -2.18. The van der Waals surface area contributed by atoms with Crippen LogP contribution in [0.3, 0.4) is 0 Å². The smallest absolute Gasteiger partial charge is 0.322 e. The third kappa shape index (κ3) is 0.950. The molecule has 0 bridgehead atoms. The van der Waals surface area contributed by atoms with Crippen molar-refractivity contribution in [3.63, 3.8) is 0 Å². The van der Waals surface area contributed by atoms with Crippen LogP contribution in [-0.4, -0.2) is 14.8 Å². The standard InChI is InChI=1S/C5H10N4O/c1-3(6)4-7-8-5(10)9(4)2/h3H,6H2,1-2H3,(H,8,10). The number of H-pyrrole nitrogens is 1. The number of nitrogens with one attached hydrogen (secondary N) is 1. The van der Waals surface area contributed by atoms with E-state index in [9.17, 15) is 4.79 Å². The Morgan fingerprint density at radius 3 is 2.60 bits per heavy atom. The molecule has 5 nitrogen and oxygen atoms in total. The molecule has 3 N–H and O–H groups in total. The van der Waals surface area contributed by atoms with Crippen LogP contribution in [0.4, 0.5) is 0 Å². The highest BCUT2D eigenvalue weighted by molar-refractivity contribution is 4.90. The van der Waals surface area contributed by atoms with Gasteiger partial charge in [-0.05, 0) is 6.92 Å². The van der Waals surface area contributed by atoms with Crippen LogP contribution in [0.2, 0.25) is 0 Å². The summed E-state index contributed by atoms with van der Waals surface area (Å²) in [6.07, 6.45) is 0. The summed E-state index contributed by atoms with van der Waals surface area (Å²) in [6.45, 7) is 1.77. The first-order valence-electron chi connectivity index (χ1n) is 3.00. The maximum Gasteiger partial charge on any atom is 0.343 e. The number of nitrogens with zero attached hydrogens (tertiary/aromatic N) is 2. The van der Waals surface area contributed by atoms with Gasteiger partial charge in [0.25, 0.3) is 0 Å². The molecule has 0 aromatic carbocycles. The summed E-state index contributed by atoms with van der Waals surface area (Å²) < 4.78 is 1.39. The van der Waals surface area contributed by atoms with E-state index < -0.39 is 0 Å². The van der Waals surface area contributed by atoms with Gasteiger partial charge in [0.1, 0.15) is 5.82 Å². The summed E-state index contributed by atoms with van der Waals surface area (Å²) in [6, 6.07) is -0.205. The molecule has 0 aliphatic rings. The summed E-state index contributed by atoms with van der Waals surface area (Å²) >= 11 is 0. The average molecular weight is 142 g/mol. The molecule has 10 heavy (non-hydrogen) atoms. The minimum atomic E-state index is -0.229. The van der Waals surface area contributed by atoms with E-state index in [4.69, 9.17) is 5.73 Å². The van der Waals surface area contributed by atoms with Crippen molar-refractivity contribution in [1.82, 2.24) is 14.8 Å². The van der Waals surface area contributed by atoms with Gasteiger partial charge in [-0.2, -0.15) is 5.10 Å². The quantitative estimate of drug-likeness (QED) is 0.535. The summed E-state index contributed by atoms with van der Waals surface area (Å²) in [5.41, 5.74) is 5.26. The normalized spacial score (nSPS) is 13.5. The van der Waals surface area contributed by atoms with E-state index in [1.807, 2.05) is 0 Å². The Morgan fingerprint density at radius 1 is 1.80 bits per heavy atom. The van der Waals surface area contributed by atoms with Gasteiger partial charge in [-0.3, -0.25) is 4.57 Å². The van der Waals surface area contributed by atoms with Crippen molar-refractivity contribution >= 4 is 0 Å². The molecule has 1 heterocycles. The number of rotatable bonds is 1. The lowest BCUT2D eigenvalue weighted by atomic mass is 10.3. The Bertz CT molecular complexity index is 271. The highest BCUT2D eigenvalue weighted by Gasteiger charge is 2.06. The van der Waals surface area contributed by atoms with Crippen LogP contribution >= 0.6 is 0 Å². The molecule has 0 aliphatic carbocycles. The third-order valence-electron chi connectivity index (χ3n) is 1.32. The molecule has 1 aromatic heterocycles. The fraction of sp³-hybridized carbons (Fsp3) is 0.600. The van der Waals surface area contributed by atoms with Crippen LogP contribution < -0.4 is 11.4 Å². The minimum Gasteiger partial charge on any atom is -0.322 e. The molecule has 0 saturated heterocycles. The minimum absolute atomic E-state index is 0.205. The van der Waals surface area contributed by atoms with Crippen molar-refractivity contribution in [3.05, 3.63) is 16.3 Å². The molecule has 1 atom stereocenters. The zero-order chi connectivity index (χ0) is 7.72. The van der Waals surface area contributed by atoms with Crippen molar-refractivity contribution in [2.24, 2.45) is 12.8 Å². The Hall–Kier alpha value is -1.10. The number of aromatic nitrogens is 3. The van der Waals surface area contributed by atoms with Gasteiger partial charge >= 0.3 is 5.69 Å². The Kier molecular flexibility index (Phi) is 1.58. The molecule has 0 fully saturated rings. The van der Waals surface area contributed by atoms with Gasteiger partial charge in [0.05, 0.1) is 6.04 Å². The Labute approximate surface area is 57.9 Å². The van der Waals surface area contributed by atoms with Gasteiger partial charge in [0.2, 0.25) is 0 Å². The van der Waals surface area contributed by atoms with Crippen LogP contribution in [0.15, 0.2) is 4.79 Å². The van der Waals surface area contributed by atoms with Gasteiger partial charge in [0.15, 0.2) is 0 Å². The van der Waals surface area contributed by atoms with Crippen LogP contribution in [0.1, 0.15) is 18.8 Å². The first-order valence-corrected chi connectivity index (χ1v) is 3.00. The SMILES string of the molecule is CC(N)c1n[nH]c(=O)n1C. The molecule has 1 unspecified atom stereocenters. The monoisotopic (exact) mass is 142 g/mol. The van der Waals surface area contributed by atoms with Gasteiger partial charge in [-0.15, -0.1) is 0 Å². The Morgan fingerprint density at radius 2 is 2.40 bits per heavy atom. The second kappa shape index (κ2) is 2.26. The largest absolute Gasteiger partial charge is 0.343 e. The molecule has 1 aromatic rings. The molecule has 0 spiro atoms. The lowest BCUT2D eigenvalue weighted by Gasteiger charge is -2.00. The first kappa shape index (κ1) is 7.01. The van der Waals surface area contributed by atoms with E-state index >= 15 is 0 Å². The summed E-state index contributed by atoms with van der Waals surface area (Å²) in [5, 5.41) is 6.01. The van der Waals surface area contributed by atoms with Crippen molar-refractivity contribution in [2.75, 3.05) is 0 Å². The average Bonchev–Trinajstić information content (AvgIpc) is 2.14. The molecule has 0 saturated carbocycles. The fourth-order valence-corrected chi connectivity index (χ4v) is 0.766. The highest BCUT2D eigenvalue weighted by Crippen LogP contribution is 1.98. The van der Waals surface area contributed by atoms with E-state index in [0.29, 0.717) is 5.82 Å². The molecule has 0 aliphatic heterocycles. The van der Waals surface area contributed by atoms with Crippen LogP contribution in [0, 0.1) is 0 Å². The molecule has 5 heteroatoms. The lowest BCUT2D eigenvalue weighted by molar-refractivity contribution is 0.677. The molecule has 0 amide bonds. The summed E-state index contributed by atoms with van der Waals surface area (Å²) in [7, 11) is 1.63. The van der Waals surface area contributed by atoms with Crippen LogP contribution in [-0.2, 0) is 7.05 Å². The zero-order valence-electron chi connectivity index (χ0n) is 5.96. The topological polar surface area (TPSA) is 76.7 Å². The number of aromatic amines is 1. The number of nitrogens with two attached hydrogens (primary N) is 1. The molecular weight excluding hydrogens is 132 g/mol. The molecule has 0 radical (unpaired) electrons. The predicted molar refractivity (Wildman–Crippen MR) is 36.4 cm³/mol. The Balaban J connectivity index is 3.18. The van der Waals surface area contributed by atoms with Crippen LogP contribution in [0.5, 0.6) is 0 Å². The second-order valence-corrected chi connectivity index (χ2v) is 2.23. The second-order valence-electron chi connectivity index (χ2n) is 2.23. The zero-order valence-corrected chi connectivity index (χ0v) is 5.96. The van der Waals surface area contributed by atoms with Gasteiger partial charge in [-0.25, -0.2) is 9.89 Å². The van der Waals surface area contributed by atoms with Crippen molar-refractivity contribution in [2.45, 2.75) is 13.0 Å². The summed E-state index contributed by atoms with van der Waals surface area (Å²) in [4.78, 5) is 10.7. The predicted octanol–water partition coefficient (Wildman–Crippen LogP) is -0.872. The first-order chi connectivity index (χ1) is 4.63. The third-order valence-corrected chi connectivity index (χ3v) is 1.32.